The van der Waals surface area contributed by atoms with Crippen LogP contribution in [0.1, 0.15) is 25.7 Å². The molecule has 5 heteroatoms. The van der Waals surface area contributed by atoms with Crippen molar-refractivity contribution in [3.05, 3.63) is 0 Å². The number of hydrogen-bond acceptors (Lipinski definition) is 2. The van der Waals surface area contributed by atoms with Gasteiger partial charge in [0.2, 0.25) is 5.91 Å². The van der Waals surface area contributed by atoms with Crippen molar-refractivity contribution in [1.29, 1.82) is 5.26 Å². The van der Waals surface area contributed by atoms with Gasteiger partial charge in [0.15, 0.2) is 0 Å². The van der Waals surface area contributed by atoms with E-state index < -0.39 is 11.8 Å². The molecule has 3 nitrogen and oxygen atoms in total. The number of rotatable bonds is 1. The molecule has 0 N–H and O–H groups in total. The van der Waals surface area contributed by atoms with Crippen molar-refractivity contribution in [2.45, 2.75) is 31.6 Å². The lowest BCUT2D eigenvalue weighted by molar-refractivity contribution is -0.130. The Bertz CT molecular complexity index is 337. The number of nitrogens with zero attached hydrogens (tertiary/aromatic N) is 2. The first kappa shape index (κ1) is 11.3. The monoisotopic (exact) mass is 228 g/mol. The van der Waals surface area contributed by atoms with Crippen LogP contribution in [0.3, 0.4) is 0 Å². The molecule has 0 spiro atoms. The average Bonchev–Trinajstić information content (AvgIpc) is 2.63. The number of nitriles is 1. The number of halogens is 2. The fourth-order valence-corrected chi connectivity index (χ4v) is 2.81. The van der Waals surface area contributed by atoms with Gasteiger partial charge < -0.3 is 4.90 Å². The quantitative estimate of drug-likeness (QED) is 0.686. The van der Waals surface area contributed by atoms with Crippen LogP contribution in [0.5, 0.6) is 0 Å². The van der Waals surface area contributed by atoms with E-state index in [-0.39, 0.29) is 31.2 Å². The molecular formula is C11H14F2N2O. The van der Waals surface area contributed by atoms with Crippen molar-refractivity contribution in [3.8, 4) is 6.07 Å². The summed E-state index contributed by atoms with van der Waals surface area (Å²) in [5, 5.41) is 8.41. The maximum absolute atomic E-state index is 13.6. The van der Waals surface area contributed by atoms with Crippen LogP contribution in [0, 0.1) is 23.2 Å². The summed E-state index contributed by atoms with van der Waals surface area (Å²) in [6.45, 7) is 0.527. The molecule has 2 aliphatic rings. The van der Waals surface area contributed by atoms with E-state index in [9.17, 15) is 13.6 Å². The molecule has 0 unspecified atom stereocenters. The fraction of sp³-hybridized carbons (Fsp3) is 0.818. The van der Waals surface area contributed by atoms with Crippen molar-refractivity contribution in [2.24, 2.45) is 11.8 Å². The zero-order chi connectivity index (χ0) is 11.8. The number of amides is 1. The van der Waals surface area contributed by atoms with Crippen molar-refractivity contribution in [3.63, 3.8) is 0 Å². The largest absolute Gasteiger partial charge is 0.341 e. The molecule has 1 amide bonds. The van der Waals surface area contributed by atoms with Gasteiger partial charge in [0, 0.05) is 25.4 Å². The molecule has 2 rings (SSSR count). The first-order chi connectivity index (χ1) is 7.54. The minimum atomic E-state index is -2.63. The summed E-state index contributed by atoms with van der Waals surface area (Å²) in [6, 6.07) is 1.77. The van der Waals surface area contributed by atoms with Crippen LogP contribution in [0.25, 0.3) is 0 Å². The third-order valence-corrected chi connectivity index (χ3v) is 3.65. The number of carbonyl (C=O) groups is 1. The minimum Gasteiger partial charge on any atom is -0.341 e. The highest BCUT2D eigenvalue weighted by atomic mass is 19.3. The zero-order valence-corrected chi connectivity index (χ0v) is 8.96. The van der Waals surface area contributed by atoms with Crippen molar-refractivity contribution < 1.29 is 13.6 Å². The van der Waals surface area contributed by atoms with E-state index in [1.54, 1.807) is 6.07 Å². The van der Waals surface area contributed by atoms with Crippen molar-refractivity contribution >= 4 is 5.91 Å². The molecule has 1 aliphatic carbocycles. The Morgan fingerprint density at radius 1 is 1.50 bits per heavy atom. The van der Waals surface area contributed by atoms with Crippen LogP contribution in [-0.4, -0.2) is 29.8 Å². The van der Waals surface area contributed by atoms with E-state index in [1.807, 2.05) is 0 Å². The summed E-state index contributed by atoms with van der Waals surface area (Å²) in [7, 11) is 0. The maximum atomic E-state index is 13.6. The molecule has 1 saturated carbocycles. The summed E-state index contributed by atoms with van der Waals surface area (Å²) >= 11 is 0. The van der Waals surface area contributed by atoms with Gasteiger partial charge in [-0.2, -0.15) is 5.26 Å². The highest BCUT2D eigenvalue weighted by molar-refractivity contribution is 5.78. The predicted molar refractivity (Wildman–Crippen MR) is 52.6 cm³/mol. The molecule has 1 aliphatic heterocycles. The normalized spacial score (nSPS) is 31.9. The molecule has 88 valence electrons. The summed E-state index contributed by atoms with van der Waals surface area (Å²) in [5.41, 5.74) is 0. The third-order valence-electron chi connectivity index (χ3n) is 3.65. The second-order valence-corrected chi connectivity index (χ2v) is 4.65. The van der Waals surface area contributed by atoms with E-state index in [0.29, 0.717) is 13.0 Å². The maximum Gasteiger partial charge on any atom is 0.252 e. The Morgan fingerprint density at radius 3 is 2.88 bits per heavy atom. The third kappa shape index (κ3) is 1.89. The summed E-state index contributed by atoms with van der Waals surface area (Å²) in [5.74, 6) is -3.71. The van der Waals surface area contributed by atoms with E-state index in [4.69, 9.17) is 5.26 Å². The van der Waals surface area contributed by atoms with E-state index >= 15 is 0 Å². The van der Waals surface area contributed by atoms with Gasteiger partial charge in [-0.15, -0.1) is 0 Å². The van der Waals surface area contributed by atoms with Crippen LogP contribution >= 0.6 is 0 Å². The molecule has 2 fully saturated rings. The van der Waals surface area contributed by atoms with Gasteiger partial charge in [-0.05, 0) is 18.8 Å². The molecule has 0 bridgehead atoms. The second kappa shape index (κ2) is 4.00. The number of hydrogen-bond donors (Lipinski definition) is 0. The van der Waals surface area contributed by atoms with Gasteiger partial charge in [0.25, 0.3) is 5.92 Å². The number of carbonyl (C=O) groups excluding carboxylic acids is 1. The molecule has 0 aromatic rings. The summed E-state index contributed by atoms with van der Waals surface area (Å²) in [6.07, 6.45) is 1.05. The molecule has 0 aromatic heterocycles. The van der Waals surface area contributed by atoms with Crippen LogP contribution in [0.15, 0.2) is 0 Å². The van der Waals surface area contributed by atoms with E-state index in [0.717, 1.165) is 6.42 Å². The van der Waals surface area contributed by atoms with Crippen molar-refractivity contribution in [1.82, 2.24) is 4.90 Å². The van der Waals surface area contributed by atoms with Gasteiger partial charge in [-0.3, -0.25) is 4.79 Å². The topological polar surface area (TPSA) is 44.1 Å². The second-order valence-electron chi connectivity index (χ2n) is 4.65. The smallest absolute Gasteiger partial charge is 0.252 e. The van der Waals surface area contributed by atoms with Gasteiger partial charge >= 0.3 is 0 Å². The molecule has 16 heavy (non-hydrogen) atoms. The van der Waals surface area contributed by atoms with Gasteiger partial charge in [-0.25, -0.2) is 8.78 Å². The summed E-state index contributed by atoms with van der Waals surface area (Å²) < 4.78 is 27.2. The van der Waals surface area contributed by atoms with Crippen LogP contribution in [0.2, 0.25) is 0 Å². The lowest BCUT2D eigenvalue weighted by atomic mass is 9.79. The zero-order valence-electron chi connectivity index (χ0n) is 8.96. The highest BCUT2D eigenvalue weighted by Gasteiger charge is 2.51. The lowest BCUT2D eigenvalue weighted by Gasteiger charge is -2.32. The van der Waals surface area contributed by atoms with E-state index in [2.05, 4.69) is 0 Å². The standard InChI is InChI=1S/C11H14F2N2O/c12-11(13)4-1-2-8-6-15(7-9(8)11)10(16)3-5-14/h8-9H,1-4,6-7H2/t8-,9+/m1/s1. The Hall–Kier alpha value is -1.18. The van der Waals surface area contributed by atoms with Gasteiger partial charge in [-0.1, -0.05) is 0 Å². The number of alkyl halides is 2. The molecule has 1 heterocycles. The SMILES string of the molecule is N#CCC(=O)N1C[C@H]2CCCC(F)(F)[C@H]2C1. The highest BCUT2D eigenvalue weighted by Crippen LogP contribution is 2.45. The van der Waals surface area contributed by atoms with Crippen LogP contribution in [0.4, 0.5) is 8.78 Å². The minimum absolute atomic E-state index is 0.0611. The number of fused-ring (bicyclic) bond motifs is 1. The number of likely N-dealkylation sites (tertiary alicyclic amines) is 1. The molecular weight excluding hydrogens is 214 g/mol. The molecule has 2 atom stereocenters. The average molecular weight is 228 g/mol. The van der Waals surface area contributed by atoms with Crippen LogP contribution in [-0.2, 0) is 4.79 Å². The summed E-state index contributed by atoms with van der Waals surface area (Å²) in [4.78, 5) is 12.9. The lowest BCUT2D eigenvalue weighted by Crippen LogP contribution is -2.38. The van der Waals surface area contributed by atoms with Gasteiger partial charge in [0.1, 0.15) is 6.42 Å². The van der Waals surface area contributed by atoms with Gasteiger partial charge in [0.05, 0.1) is 6.07 Å². The predicted octanol–water partition coefficient (Wildman–Crippen LogP) is 1.79. The van der Waals surface area contributed by atoms with E-state index in [1.165, 1.54) is 4.90 Å². The Morgan fingerprint density at radius 2 is 2.25 bits per heavy atom. The molecule has 0 aromatic carbocycles. The molecule has 1 saturated heterocycles. The fourth-order valence-electron chi connectivity index (χ4n) is 2.81. The Kier molecular flexibility index (Phi) is 2.83. The Labute approximate surface area is 93.0 Å². The first-order valence-corrected chi connectivity index (χ1v) is 5.57. The first-order valence-electron chi connectivity index (χ1n) is 5.57. The molecule has 0 radical (unpaired) electrons. The Balaban J connectivity index is 2.05. The van der Waals surface area contributed by atoms with Crippen LogP contribution < -0.4 is 0 Å². The van der Waals surface area contributed by atoms with Crippen molar-refractivity contribution in [2.75, 3.05) is 13.1 Å².